The average Bonchev–Trinajstić information content (AvgIpc) is 1.52. The van der Waals surface area contributed by atoms with E-state index in [2.05, 4.69) is 55.4 Å². The summed E-state index contributed by atoms with van der Waals surface area (Å²) in [5.74, 6) is 1.75. The maximum Gasteiger partial charge on any atom is 0 e. The Kier molecular flexibility index (Phi) is 83.7. The zero-order valence-corrected chi connectivity index (χ0v) is 28.4. The summed E-state index contributed by atoms with van der Waals surface area (Å²) >= 11 is 0. The van der Waals surface area contributed by atoms with Crippen LogP contribution < -0.4 is 0 Å². The van der Waals surface area contributed by atoms with Gasteiger partial charge in [0.25, 0.3) is 0 Å². The monoisotopic (exact) mass is 632 g/mol. The molecule has 0 unspecified atom stereocenters. The van der Waals surface area contributed by atoms with Gasteiger partial charge in [0, 0.05) is 164 Å². The first-order valence-corrected chi connectivity index (χ1v) is 5.13. The van der Waals surface area contributed by atoms with Gasteiger partial charge in [-0.15, -0.1) is 0 Å². The normalized spacial score (nSPS) is 7.67. The van der Waals surface area contributed by atoms with E-state index in [9.17, 15) is 0 Å². The molecule has 0 rings (SSSR count). The molecule has 5 radical (unpaired) electrons. The molecular weight excluding hydrogens is 601 g/mol. The van der Waals surface area contributed by atoms with Gasteiger partial charge >= 0.3 is 0 Å². The van der Waals surface area contributed by atoms with Crippen molar-refractivity contribution in [1.29, 1.82) is 0 Å². The van der Waals surface area contributed by atoms with E-state index in [-0.39, 0.29) is 171 Å². The smallest absolute Gasteiger partial charge is 0 e. The Balaban J connectivity index is -0.0000000142. The van der Waals surface area contributed by atoms with E-state index in [0.717, 1.165) is 11.8 Å². The zero-order chi connectivity index (χ0) is 10.4. The SMILES string of the molecule is CC(C)(C)C.CC(C)CC(C)C.[CH3-].[Y].[Y].[Y].[Y].[Y]. The molecule has 0 aromatic carbocycles. The third kappa shape index (κ3) is 100.0. The molecule has 5 heteroatoms. The molecule has 0 saturated carbocycles. The van der Waals surface area contributed by atoms with Gasteiger partial charge in [-0.25, -0.2) is 0 Å². The van der Waals surface area contributed by atoms with Crippen LogP contribution in [0.2, 0.25) is 0 Å². The fourth-order valence-corrected chi connectivity index (χ4v) is 0.943. The maximum atomic E-state index is 2.26. The zero-order valence-electron chi connectivity index (χ0n) is 14.2. The van der Waals surface area contributed by atoms with Crippen molar-refractivity contribution in [3.05, 3.63) is 7.43 Å². The van der Waals surface area contributed by atoms with Crippen molar-refractivity contribution in [2.24, 2.45) is 17.3 Å². The molecule has 0 heterocycles. The quantitative estimate of drug-likeness (QED) is 0.369. The Morgan fingerprint density at radius 3 is 0.722 bits per heavy atom. The van der Waals surface area contributed by atoms with Crippen LogP contribution in [0.25, 0.3) is 0 Å². The van der Waals surface area contributed by atoms with Crippen molar-refractivity contribution < 1.29 is 164 Å². The molecule has 0 saturated heterocycles. The predicted octanol–water partition coefficient (Wildman–Crippen LogP) is 5.18. The van der Waals surface area contributed by atoms with Gasteiger partial charge in [-0.2, -0.15) is 0 Å². The Hall–Kier alpha value is 5.52. The van der Waals surface area contributed by atoms with Crippen LogP contribution in [-0.4, -0.2) is 0 Å². The van der Waals surface area contributed by atoms with Crippen molar-refractivity contribution in [1.82, 2.24) is 0 Å². The number of rotatable bonds is 2. The summed E-state index contributed by atoms with van der Waals surface area (Å²) in [5, 5.41) is 0. The molecular formula is C13H31Y5-. The molecule has 0 spiro atoms. The van der Waals surface area contributed by atoms with Gasteiger partial charge < -0.3 is 7.43 Å². The van der Waals surface area contributed by atoms with E-state index < -0.39 is 0 Å². The van der Waals surface area contributed by atoms with E-state index >= 15 is 0 Å². The topological polar surface area (TPSA) is 0 Å². The Labute approximate surface area is 244 Å². The molecule has 18 heavy (non-hydrogen) atoms. The summed E-state index contributed by atoms with van der Waals surface area (Å²) in [7, 11) is 0. The van der Waals surface area contributed by atoms with Gasteiger partial charge in [-0.05, 0) is 23.7 Å². The van der Waals surface area contributed by atoms with E-state index in [1.165, 1.54) is 6.42 Å². The third-order valence-electron chi connectivity index (χ3n) is 0.943. The molecule has 0 nitrogen and oxygen atoms in total. The molecule has 0 atom stereocenters. The van der Waals surface area contributed by atoms with Crippen molar-refractivity contribution in [2.75, 3.05) is 0 Å². The molecule has 0 aliphatic carbocycles. The fourth-order valence-electron chi connectivity index (χ4n) is 0.943. The van der Waals surface area contributed by atoms with Gasteiger partial charge in [0.15, 0.2) is 0 Å². The van der Waals surface area contributed by atoms with E-state index in [4.69, 9.17) is 0 Å². The minimum Gasteiger partial charge on any atom is -0.358 e. The largest absolute Gasteiger partial charge is 0.358 e. The van der Waals surface area contributed by atoms with Gasteiger partial charge in [0.05, 0.1) is 0 Å². The van der Waals surface area contributed by atoms with Crippen LogP contribution in [-0.2, 0) is 164 Å². The molecule has 99 valence electrons. The number of hydrogen-bond acceptors (Lipinski definition) is 0. The molecule has 0 aliphatic heterocycles. The first-order chi connectivity index (χ1) is 5.13. The summed E-state index contributed by atoms with van der Waals surface area (Å²) in [6.07, 6.45) is 1.36. The van der Waals surface area contributed by atoms with Crippen LogP contribution in [0.15, 0.2) is 0 Å². The van der Waals surface area contributed by atoms with Crippen molar-refractivity contribution >= 4 is 0 Å². The van der Waals surface area contributed by atoms with E-state index in [1.807, 2.05) is 0 Å². The third-order valence-corrected chi connectivity index (χ3v) is 0.943. The van der Waals surface area contributed by atoms with Crippen LogP contribution >= 0.6 is 0 Å². The Morgan fingerprint density at radius 2 is 0.722 bits per heavy atom. The second kappa shape index (κ2) is 30.4. The standard InChI is InChI=1S/C7H16.C5H12.CH3.5Y/c1-6(2)5-7(3)4;1-5(2,3)4;;;;;;/h6-7H,5H2,1-4H3;1-4H3;1H3;;;;;/q;;-1;;;;;. The molecule has 0 aromatic heterocycles. The number of hydrogen-bond donors (Lipinski definition) is 0. The van der Waals surface area contributed by atoms with Gasteiger partial charge in [0.2, 0.25) is 0 Å². The van der Waals surface area contributed by atoms with Gasteiger partial charge in [0.1, 0.15) is 0 Å². The summed E-state index contributed by atoms with van der Waals surface area (Å²) < 4.78 is 0. The molecule has 0 aromatic rings. The summed E-state index contributed by atoms with van der Waals surface area (Å²) in [5.41, 5.74) is 0.500. The minimum atomic E-state index is 0. The maximum absolute atomic E-state index is 2.26. The van der Waals surface area contributed by atoms with Crippen LogP contribution in [0.5, 0.6) is 0 Å². The first kappa shape index (κ1) is 49.5. The van der Waals surface area contributed by atoms with Crippen LogP contribution in [0.3, 0.4) is 0 Å². The van der Waals surface area contributed by atoms with Crippen molar-refractivity contribution in [2.45, 2.75) is 61.8 Å². The van der Waals surface area contributed by atoms with Gasteiger partial charge in [-0.1, -0.05) is 55.4 Å². The van der Waals surface area contributed by atoms with Crippen molar-refractivity contribution in [3.63, 3.8) is 0 Å². The van der Waals surface area contributed by atoms with Crippen molar-refractivity contribution in [3.8, 4) is 0 Å². The van der Waals surface area contributed by atoms with Crippen LogP contribution in [0.4, 0.5) is 0 Å². The Morgan fingerprint density at radius 1 is 0.611 bits per heavy atom. The molecule has 0 bridgehead atoms. The molecule has 0 aliphatic rings. The fraction of sp³-hybridized carbons (Fsp3) is 0.923. The molecule has 0 N–H and O–H groups in total. The molecule has 0 amide bonds. The second-order valence-corrected chi connectivity index (χ2v) is 6.02. The second-order valence-electron chi connectivity index (χ2n) is 6.02. The average molecular weight is 632 g/mol. The van der Waals surface area contributed by atoms with E-state index in [1.54, 1.807) is 0 Å². The molecule has 0 fully saturated rings. The van der Waals surface area contributed by atoms with Gasteiger partial charge in [-0.3, -0.25) is 0 Å². The predicted molar refractivity (Wildman–Crippen MR) is 65.8 cm³/mol. The first-order valence-electron chi connectivity index (χ1n) is 5.13. The minimum absolute atomic E-state index is 0. The summed E-state index contributed by atoms with van der Waals surface area (Å²) in [4.78, 5) is 0. The Bertz CT molecular complexity index is 86.0. The summed E-state index contributed by atoms with van der Waals surface area (Å²) in [6, 6.07) is 0. The van der Waals surface area contributed by atoms with Crippen LogP contribution in [0, 0.1) is 24.7 Å². The van der Waals surface area contributed by atoms with Crippen LogP contribution in [0.1, 0.15) is 61.8 Å². The van der Waals surface area contributed by atoms with E-state index in [0.29, 0.717) is 5.41 Å². The summed E-state index contributed by atoms with van der Waals surface area (Å²) in [6.45, 7) is 17.8.